The Morgan fingerprint density at radius 3 is 2.64 bits per heavy atom. The molecule has 1 fully saturated rings. The number of nitrogens with zero attached hydrogens (tertiary/aromatic N) is 1. The minimum atomic E-state index is 0.0718. The van der Waals surface area contributed by atoms with Gasteiger partial charge in [-0.05, 0) is 40.2 Å². The molecule has 1 atom stereocenters. The molecule has 2 nitrogen and oxygen atoms in total. The van der Waals surface area contributed by atoms with Crippen LogP contribution in [0.5, 0.6) is 0 Å². The third-order valence-corrected chi connectivity index (χ3v) is 3.77. The average Bonchev–Trinajstić information content (AvgIpc) is 2.19. The van der Waals surface area contributed by atoms with Crippen LogP contribution < -0.4 is 0 Å². The molecule has 0 saturated carbocycles. The third kappa shape index (κ3) is 3.41. The molecule has 0 aromatic rings. The van der Waals surface area contributed by atoms with Gasteiger partial charge in [0.2, 0.25) is 0 Å². The van der Waals surface area contributed by atoms with Gasteiger partial charge in [-0.25, -0.2) is 0 Å². The number of alkyl halides is 1. The van der Waals surface area contributed by atoms with Gasteiger partial charge >= 0.3 is 0 Å². The molecule has 0 aromatic carbocycles. The summed E-state index contributed by atoms with van der Waals surface area (Å²) in [6.07, 6.45) is 4.14. The second-order valence-electron chi connectivity index (χ2n) is 4.82. The van der Waals surface area contributed by atoms with Gasteiger partial charge in [-0.1, -0.05) is 0 Å². The molecule has 1 aliphatic rings. The van der Waals surface area contributed by atoms with Crippen molar-refractivity contribution in [1.82, 2.24) is 4.90 Å². The smallest absolute Gasteiger partial charge is 0.0702 e. The Balaban J connectivity index is 2.34. The van der Waals surface area contributed by atoms with Gasteiger partial charge in [0, 0.05) is 24.6 Å². The summed E-state index contributed by atoms with van der Waals surface area (Å²) in [6.45, 7) is 6.27. The predicted molar refractivity (Wildman–Crippen MR) is 61.0 cm³/mol. The van der Waals surface area contributed by atoms with E-state index in [-0.39, 0.29) is 5.54 Å². The van der Waals surface area contributed by atoms with Gasteiger partial charge < -0.3 is 4.74 Å². The van der Waals surface area contributed by atoms with Gasteiger partial charge in [0.15, 0.2) is 0 Å². The van der Waals surface area contributed by atoms with Gasteiger partial charge in [0.1, 0.15) is 0 Å². The van der Waals surface area contributed by atoms with E-state index in [0.29, 0.717) is 12.0 Å². The molecule has 0 spiro atoms. The van der Waals surface area contributed by atoms with Gasteiger partial charge in [-0.2, -0.15) is 0 Å². The van der Waals surface area contributed by atoms with E-state index in [2.05, 4.69) is 25.8 Å². The number of likely N-dealkylation sites (N-methyl/N-ethyl adjacent to an activating group) is 1. The Kier molecular flexibility index (Phi) is 4.68. The Hall–Kier alpha value is 0.210. The first kappa shape index (κ1) is 12.3. The summed E-state index contributed by atoms with van der Waals surface area (Å²) in [5.74, 6) is 0.663. The van der Waals surface area contributed by atoms with E-state index < -0.39 is 0 Å². The van der Waals surface area contributed by atoms with E-state index in [4.69, 9.17) is 16.3 Å². The van der Waals surface area contributed by atoms with Crippen molar-refractivity contribution in [2.45, 2.75) is 44.8 Å². The number of hydrogen-bond donors (Lipinski definition) is 0. The second kappa shape index (κ2) is 5.34. The standard InChI is InChI=1S/C11H22ClNO/c1-11(2,9-12)13(3)8-10-6-4-5-7-14-10/h10H,4-9H2,1-3H3. The topological polar surface area (TPSA) is 12.5 Å². The van der Waals surface area contributed by atoms with Crippen LogP contribution in [0.1, 0.15) is 33.1 Å². The highest BCUT2D eigenvalue weighted by atomic mass is 35.5. The maximum atomic E-state index is 5.92. The fraction of sp³-hybridized carbons (Fsp3) is 1.00. The second-order valence-corrected chi connectivity index (χ2v) is 5.08. The number of halogens is 1. The summed E-state index contributed by atoms with van der Waals surface area (Å²) in [5.41, 5.74) is 0.0718. The summed E-state index contributed by atoms with van der Waals surface area (Å²) >= 11 is 5.92. The van der Waals surface area contributed by atoms with Crippen molar-refractivity contribution in [2.24, 2.45) is 0 Å². The highest BCUT2D eigenvalue weighted by molar-refractivity contribution is 6.18. The van der Waals surface area contributed by atoms with Crippen LogP contribution in [0.25, 0.3) is 0 Å². The maximum Gasteiger partial charge on any atom is 0.0702 e. The van der Waals surface area contributed by atoms with Crippen LogP contribution >= 0.6 is 11.6 Å². The van der Waals surface area contributed by atoms with Crippen LogP contribution in [0, 0.1) is 0 Å². The lowest BCUT2D eigenvalue weighted by Crippen LogP contribution is -2.47. The van der Waals surface area contributed by atoms with Crippen LogP contribution in [0.2, 0.25) is 0 Å². The lowest BCUT2D eigenvalue weighted by Gasteiger charge is -2.37. The zero-order valence-electron chi connectivity index (χ0n) is 9.55. The number of rotatable bonds is 4. The molecule has 1 aliphatic heterocycles. The number of hydrogen-bond acceptors (Lipinski definition) is 2. The van der Waals surface area contributed by atoms with Crippen LogP contribution in [0.15, 0.2) is 0 Å². The van der Waals surface area contributed by atoms with Crippen molar-refractivity contribution < 1.29 is 4.74 Å². The molecule has 0 radical (unpaired) electrons. The lowest BCUT2D eigenvalue weighted by molar-refractivity contribution is -0.0154. The van der Waals surface area contributed by atoms with E-state index >= 15 is 0 Å². The first-order chi connectivity index (χ1) is 6.56. The van der Waals surface area contributed by atoms with Crippen molar-refractivity contribution in [3.05, 3.63) is 0 Å². The van der Waals surface area contributed by atoms with Crippen LogP contribution in [0.3, 0.4) is 0 Å². The molecule has 1 heterocycles. The molecule has 0 bridgehead atoms. The van der Waals surface area contributed by atoms with Gasteiger partial charge in [0.05, 0.1) is 6.10 Å². The fourth-order valence-corrected chi connectivity index (χ4v) is 1.81. The summed E-state index contributed by atoms with van der Waals surface area (Å²) < 4.78 is 5.70. The first-order valence-electron chi connectivity index (χ1n) is 5.45. The minimum Gasteiger partial charge on any atom is -0.377 e. The Bertz CT molecular complexity index is 167. The largest absolute Gasteiger partial charge is 0.377 e. The van der Waals surface area contributed by atoms with Gasteiger partial charge in [-0.15, -0.1) is 11.6 Å². The summed E-state index contributed by atoms with van der Waals surface area (Å²) in [5, 5.41) is 0. The molecule has 3 heteroatoms. The SMILES string of the molecule is CN(CC1CCCCO1)C(C)(C)CCl. The zero-order chi connectivity index (χ0) is 10.6. The van der Waals surface area contributed by atoms with Crippen LogP contribution in [0.4, 0.5) is 0 Å². The summed E-state index contributed by atoms with van der Waals surface area (Å²) in [4.78, 5) is 2.30. The quantitative estimate of drug-likeness (QED) is 0.674. The van der Waals surface area contributed by atoms with Crippen molar-refractivity contribution in [1.29, 1.82) is 0 Å². The minimum absolute atomic E-state index is 0.0718. The molecular formula is C11H22ClNO. The highest BCUT2D eigenvalue weighted by Gasteiger charge is 2.25. The van der Waals surface area contributed by atoms with Crippen molar-refractivity contribution in [3.8, 4) is 0 Å². The highest BCUT2D eigenvalue weighted by Crippen LogP contribution is 2.19. The zero-order valence-corrected chi connectivity index (χ0v) is 10.3. The van der Waals surface area contributed by atoms with E-state index in [1.807, 2.05) is 0 Å². The molecule has 1 rings (SSSR count). The van der Waals surface area contributed by atoms with E-state index in [1.165, 1.54) is 19.3 Å². The van der Waals surface area contributed by atoms with Gasteiger partial charge in [-0.3, -0.25) is 4.90 Å². The van der Waals surface area contributed by atoms with E-state index in [1.54, 1.807) is 0 Å². The van der Waals surface area contributed by atoms with Crippen LogP contribution in [-0.4, -0.2) is 42.6 Å². The van der Waals surface area contributed by atoms with Crippen LogP contribution in [-0.2, 0) is 4.74 Å². The molecule has 14 heavy (non-hydrogen) atoms. The fourth-order valence-electron chi connectivity index (χ4n) is 1.61. The van der Waals surface area contributed by atoms with Gasteiger partial charge in [0.25, 0.3) is 0 Å². The van der Waals surface area contributed by atoms with E-state index in [0.717, 1.165) is 13.2 Å². The molecule has 1 saturated heterocycles. The van der Waals surface area contributed by atoms with Crippen molar-refractivity contribution in [2.75, 3.05) is 26.1 Å². The monoisotopic (exact) mass is 219 g/mol. The average molecular weight is 220 g/mol. The molecule has 0 N–H and O–H groups in total. The Labute approximate surface area is 92.6 Å². The molecule has 84 valence electrons. The summed E-state index contributed by atoms with van der Waals surface area (Å²) in [7, 11) is 2.13. The molecule has 1 unspecified atom stereocenters. The summed E-state index contributed by atoms with van der Waals surface area (Å²) in [6, 6.07) is 0. The van der Waals surface area contributed by atoms with Crippen molar-refractivity contribution >= 4 is 11.6 Å². The van der Waals surface area contributed by atoms with Crippen molar-refractivity contribution in [3.63, 3.8) is 0 Å². The van der Waals surface area contributed by atoms with E-state index in [9.17, 15) is 0 Å². The Morgan fingerprint density at radius 1 is 1.43 bits per heavy atom. The maximum absolute atomic E-state index is 5.92. The number of ether oxygens (including phenoxy) is 1. The molecule has 0 amide bonds. The predicted octanol–water partition coefficient (Wildman–Crippen LogP) is 2.50. The third-order valence-electron chi connectivity index (χ3n) is 3.11. The molecule has 0 aliphatic carbocycles. The lowest BCUT2D eigenvalue weighted by atomic mass is 10.0. The Morgan fingerprint density at radius 2 is 2.14 bits per heavy atom. The molecule has 0 aromatic heterocycles. The normalized spacial score (nSPS) is 24.2. The first-order valence-corrected chi connectivity index (χ1v) is 5.98. The molecular weight excluding hydrogens is 198 g/mol.